The number of esters is 4. The fraction of sp³-hybridized carbons (Fsp3) is 0.897. The monoisotopic (exact) mass is 796 g/mol. The van der Waals surface area contributed by atoms with E-state index >= 15 is 0 Å². The standard InChI is InChI=1S/C39H56O9S4/c1-22(8-15-45-32(41)23-4-9-36(2)28(16-23)49-36)48-35(44)26-7-12-39(31(19-26)52-39)14-13-38-11-6-25(18-30(38)51-38)34(43)47-21-27(40)20-46-33(42)24-5-10-37(3)29(17-24)50-37/h22-31,40H,4-21H2,1-3H3. The van der Waals surface area contributed by atoms with E-state index in [1.165, 1.54) is 0 Å². The average molecular weight is 797 g/mol. The highest BCUT2D eigenvalue weighted by Crippen LogP contribution is 2.70. The smallest absolute Gasteiger partial charge is 0.309 e. The summed E-state index contributed by atoms with van der Waals surface area (Å²) in [6.07, 6.45) is 12.7. The van der Waals surface area contributed by atoms with Crippen LogP contribution in [-0.2, 0) is 38.1 Å². The Hall–Kier alpha value is -0.760. The van der Waals surface area contributed by atoms with Crippen molar-refractivity contribution in [3.05, 3.63) is 0 Å². The van der Waals surface area contributed by atoms with Gasteiger partial charge in [0, 0.05) is 46.4 Å². The number of thioether (sulfide) groups is 4. The molecule has 4 saturated carbocycles. The summed E-state index contributed by atoms with van der Waals surface area (Å²) in [7, 11) is 0. The van der Waals surface area contributed by atoms with Crippen LogP contribution >= 0.6 is 47.0 Å². The quantitative estimate of drug-likeness (QED) is 0.107. The highest BCUT2D eigenvalue weighted by atomic mass is 32.2. The number of aliphatic hydroxyl groups excluding tert-OH is 1. The summed E-state index contributed by atoms with van der Waals surface area (Å²) in [5.41, 5.74) is 0. The first-order chi connectivity index (χ1) is 24.8. The van der Waals surface area contributed by atoms with Gasteiger partial charge in [0.15, 0.2) is 0 Å². The van der Waals surface area contributed by atoms with Crippen molar-refractivity contribution < 1.29 is 43.2 Å². The van der Waals surface area contributed by atoms with Crippen molar-refractivity contribution in [1.82, 2.24) is 0 Å². The number of aliphatic hydroxyl groups is 1. The van der Waals surface area contributed by atoms with Gasteiger partial charge >= 0.3 is 23.9 Å². The Morgan fingerprint density at radius 2 is 1.04 bits per heavy atom. The van der Waals surface area contributed by atoms with Gasteiger partial charge in [-0.1, -0.05) is 0 Å². The van der Waals surface area contributed by atoms with E-state index in [4.69, 9.17) is 18.9 Å². The molecule has 0 bridgehead atoms. The lowest BCUT2D eigenvalue weighted by atomic mass is 9.75. The van der Waals surface area contributed by atoms with Crippen LogP contribution < -0.4 is 0 Å². The number of hydrogen-bond acceptors (Lipinski definition) is 13. The van der Waals surface area contributed by atoms with Gasteiger partial charge in [0.25, 0.3) is 0 Å². The molecule has 9 nitrogen and oxygen atoms in total. The third kappa shape index (κ3) is 8.20. The molecule has 4 heterocycles. The molecule has 0 amide bonds. The van der Waals surface area contributed by atoms with Crippen LogP contribution in [0.15, 0.2) is 0 Å². The third-order valence-electron chi connectivity index (χ3n) is 13.9. The van der Waals surface area contributed by atoms with Crippen LogP contribution in [0.4, 0.5) is 0 Å². The normalized spacial score (nSPS) is 44.6. The Kier molecular flexibility index (Phi) is 10.7. The predicted octanol–water partition coefficient (Wildman–Crippen LogP) is 6.74. The molecular weight excluding hydrogens is 741 g/mol. The van der Waals surface area contributed by atoms with Crippen LogP contribution in [0.2, 0.25) is 0 Å². The van der Waals surface area contributed by atoms with Gasteiger partial charge in [-0.25, -0.2) is 0 Å². The Morgan fingerprint density at radius 1 is 0.615 bits per heavy atom. The molecule has 52 heavy (non-hydrogen) atoms. The number of ether oxygens (including phenoxy) is 4. The van der Waals surface area contributed by atoms with Crippen molar-refractivity contribution in [3.8, 4) is 0 Å². The van der Waals surface area contributed by atoms with Gasteiger partial charge in [-0.15, -0.1) is 47.0 Å². The first-order valence-corrected chi connectivity index (χ1v) is 23.4. The van der Waals surface area contributed by atoms with E-state index in [0.29, 0.717) is 48.3 Å². The molecule has 8 fully saturated rings. The van der Waals surface area contributed by atoms with Crippen LogP contribution in [0.3, 0.4) is 0 Å². The first-order valence-electron chi connectivity index (χ1n) is 19.9. The molecule has 0 spiro atoms. The van der Waals surface area contributed by atoms with Gasteiger partial charge in [0.1, 0.15) is 25.4 Å². The summed E-state index contributed by atoms with van der Waals surface area (Å²) in [5, 5.41) is 12.5. The highest BCUT2D eigenvalue weighted by Gasteiger charge is 2.63. The molecule has 13 heteroatoms. The van der Waals surface area contributed by atoms with Gasteiger partial charge in [0.05, 0.1) is 30.3 Å². The Balaban J connectivity index is 0.679. The van der Waals surface area contributed by atoms with Crippen LogP contribution in [-0.4, -0.2) is 101 Å². The van der Waals surface area contributed by atoms with Gasteiger partial charge < -0.3 is 24.1 Å². The summed E-state index contributed by atoms with van der Waals surface area (Å²) >= 11 is 8.02. The molecule has 8 rings (SSSR count). The summed E-state index contributed by atoms with van der Waals surface area (Å²) in [4.78, 5) is 51.0. The minimum Gasteiger partial charge on any atom is -0.465 e. The van der Waals surface area contributed by atoms with E-state index in [-0.39, 0.29) is 71.6 Å². The van der Waals surface area contributed by atoms with Gasteiger partial charge in [-0.3, -0.25) is 19.2 Å². The lowest BCUT2D eigenvalue weighted by Gasteiger charge is -2.29. The third-order valence-corrected chi connectivity index (χ3v) is 21.1. The number of fused-ring (bicyclic) bond motifs is 4. The molecule has 4 saturated heterocycles. The lowest BCUT2D eigenvalue weighted by Crippen LogP contribution is -2.34. The molecule has 14 atom stereocenters. The average Bonchev–Trinajstić information content (AvgIpc) is 4.00. The summed E-state index contributed by atoms with van der Waals surface area (Å²) in [6.45, 7) is 6.48. The van der Waals surface area contributed by atoms with Crippen LogP contribution in [0.25, 0.3) is 0 Å². The second-order valence-corrected chi connectivity index (χ2v) is 24.4. The van der Waals surface area contributed by atoms with Crippen molar-refractivity contribution in [2.24, 2.45) is 23.7 Å². The van der Waals surface area contributed by atoms with Crippen molar-refractivity contribution in [1.29, 1.82) is 0 Å². The van der Waals surface area contributed by atoms with Crippen molar-refractivity contribution in [2.75, 3.05) is 19.8 Å². The number of carbonyl (C=O) groups excluding carboxylic acids is 4. The van der Waals surface area contributed by atoms with E-state index in [0.717, 1.165) is 89.9 Å². The van der Waals surface area contributed by atoms with Gasteiger partial charge in [-0.05, 0) is 111 Å². The predicted molar refractivity (Wildman–Crippen MR) is 205 cm³/mol. The van der Waals surface area contributed by atoms with Crippen LogP contribution in [0.5, 0.6) is 0 Å². The molecule has 14 unspecified atom stereocenters. The Morgan fingerprint density at radius 3 is 1.50 bits per heavy atom. The van der Waals surface area contributed by atoms with Gasteiger partial charge in [-0.2, -0.15) is 0 Å². The van der Waals surface area contributed by atoms with Crippen LogP contribution in [0.1, 0.15) is 117 Å². The molecular formula is C39H56O9S4. The van der Waals surface area contributed by atoms with Crippen molar-refractivity contribution in [2.45, 2.75) is 169 Å². The number of carbonyl (C=O) groups is 4. The fourth-order valence-electron chi connectivity index (χ4n) is 9.75. The summed E-state index contributed by atoms with van der Waals surface area (Å²) < 4.78 is 23.6. The molecule has 0 aromatic carbocycles. The SMILES string of the molecule is CC(CCOC(=O)C1CCC2(C)SC2C1)OC(=O)C1CCC2(CCC34CCC(C(=O)OCC(O)COC(=O)C5CCC6(C)SC6C5)CC3S4)SC2C1. The maximum atomic E-state index is 13.0. The molecule has 4 aliphatic carbocycles. The van der Waals surface area contributed by atoms with E-state index in [2.05, 4.69) is 13.8 Å². The van der Waals surface area contributed by atoms with E-state index < -0.39 is 6.10 Å². The fourth-order valence-corrected chi connectivity index (χ4v) is 15.7. The lowest BCUT2D eigenvalue weighted by molar-refractivity contribution is -0.159. The Bertz CT molecular complexity index is 1430. The van der Waals surface area contributed by atoms with E-state index in [9.17, 15) is 24.3 Å². The Labute approximate surface area is 325 Å². The molecule has 0 aromatic rings. The van der Waals surface area contributed by atoms with Crippen LogP contribution in [0, 0.1) is 23.7 Å². The second-order valence-electron chi connectivity index (χ2n) is 17.7. The zero-order valence-electron chi connectivity index (χ0n) is 30.8. The summed E-state index contributed by atoms with van der Waals surface area (Å²) in [5.74, 6) is -0.935. The molecule has 1 N–H and O–H groups in total. The number of hydrogen-bond donors (Lipinski definition) is 1. The van der Waals surface area contributed by atoms with Gasteiger partial charge in [0.2, 0.25) is 0 Å². The minimum atomic E-state index is -1.00. The van der Waals surface area contributed by atoms with Crippen molar-refractivity contribution in [3.63, 3.8) is 0 Å². The molecule has 290 valence electrons. The zero-order chi connectivity index (χ0) is 36.5. The molecule has 0 aromatic heterocycles. The van der Waals surface area contributed by atoms with Crippen molar-refractivity contribution >= 4 is 70.9 Å². The zero-order valence-corrected chi connectivity index (χ0v) is 34.1. The number of rotatable bonds is 15. The largest absolute Gasteiger partial charge is 0.465 e. The molecule has 4 aliphatic heterocycles. The minimum absolute atomic E-state index is 0.0176. The first kappa shape index (κ1) is 38.1. The highest BCUT2D eigenvalue weighted by molar-refractivity contribution is 8.09. The topological polar surface area (TPSA) is 125 Å². The second kappa shape index (κ2) is 14.6. The maximum Gasteiger partial charge on any atom is 0.309 e. The maximum absolute atomic E-state index is 13.0. The summed E-state index contributed by atoms with van der Waals surface area (Å²) in [6, 6.07) is 0. The molecule has 0 radical (unpaired) electrons. The van der Waals surface area contributed by atoms with E-state index in [1.54, 1.807) is 0 Å². The van der Waals surface area contributed by atoms with E-state index in [1.807, 2.05) is 54.0 Å². The molecule has 8 aliphatic rings.